The van der Waals surface area contributed by atoms with Crippen LogP contribution in [0.1, 0.15) is 31.9 Å². The molecule has 23 heavy (non-hydrogen) atoms. The van der Waals surface area contributed by atoms with Crippen molar-refractivity contribution < 1.29 is 13.3 Å². The largest absolute Gasteiger partial charge is 0.356 e. The zero-order valence-electron chi connectivity index (χ0n) is 13.3. The molecule has 0 saturated heterocycles. The molecule has 1 aromatic carbocycles. The molecule has 124 valence electrons. The molecule has 1 unspecified atom stereocenters. The molecule has 1 heterocycles. The Balaban J connectivity index is 1.89. The molecule has 2 rings (SSSR count). The summed E-state index contributed by atoms with van der Waals surface area (Å²) in [4.78, 5) is 0. The van der Waals surface area contributed by atoms with Crippen LogP contribution in [0.5, 0.6) is 0 Å². The minimum atomic E-state index is -0.657. The molecular formula is C18H22F2N2O. The topological polar surface area (TPSA) is 38.1 Å². The Morgan fingerprint density at radius 1 is 1.35 bits per heavy atom. The normalized spacial score (nSPS) is 12.3. The first-order valence-corrected chi connectivity index (χ1v) is 7.87. The van der Waals surface area contributed by atoms with Crippen LogP contribution < -0.4 is 5.32 Å². The number of rotatable bonds is 9. The summed E-state index contributed by atoms with van der Waals surface area (Å²) in [6.07, 6.45) is 5.13. The van der Waals surface area contributed by atoms with Crippen LogP contribution in [0.15, 0.2) is 41.4 Å². The second kappa shape index (κ2) is 8.58. The highest BCUT2D eigenvalue weighted by molar-refractivity contribution is 5.59. The highest BCUT2D eigenvalue weighted by Gasteiger charge is 2.16. The first-order valence-electron chi connectivity index (χ1n) is 7.87. The number of nitrogens with one attached hydrogen (secondary N) is 1. The lowest BCUT2D eigenvalue weighted by Crippen LogP contribution is -2.17. The molecule has 0 aliphatic carbocycles. The second-order valence-electron chi connectivity index (χ2n) is 5.54. The Hall–Kier alpha value is -2.01. The summed E-state index contributed by atoms with van der Waals surface area (Å²) in [5.74, 6) is -0.581. The van der Waals surface area contributed by atoms with Gasteiger partial charge in [-0.15, -0.1) is 6.58 Å². The van der Waals surface area contributed by atoms with E-state index in [1.165, 1.54) is 18.2 Å². The number of allylic oxidation sites excluding steroid dienone is 1. The van der Waals surface area contributed by atoms with Gasteiger partial charge >= 0.3 is 0 Å². The molecule has 0 fully saturated rings. The average molecular weight is 320 g/mol. The maximum atomic E-state index is 13.7. The maximum absolute atomic E-state index is 13.7. The molecule has 0 saturated carbocycles. The molecular weight excluding hydrogens is 298 g/mol. The van der Waals surface area contributed by atoms with E-state index in [1.807, 2.05) is 6.08 Å². The Morgan fingerprint density at radius 2 is 2.09 bits per heavy atom. The second-order valence-corrected chi connectivity index (χ2v) is 5.54. The van der Waals surface area contributed by atoms with Crippen LogP contribution in [0, 0.1) is 17.6 Å². The summed E-state index contributed by atoms with van der Waals surface area (Å²) in [7, 11) is 0. The minimum absolute atomic E-state index is 0.107. The lowest BCUT2D eigenvalue weighted by Gasteiger charge is -2.12. The van der Waals surface area contributed by atoms with Crippen molar-refractivity contribution in [1.29, 1.82) is 0 Å². The van der Waals surface area contributed by atoms with E-state index in [4.69, 9.17) is 4.52 Å². The van der Waals surface area contributed by atoms with Gasteiger partial charge in [-0.2, -0.15) is 0 Å². The van der Waals surface area contributed by atoms with E-state index in [1.54, 1.807) is 6.07 Å². The van der Waals surface area contributed by atoms with Crippen LogP contribution in [0.25, 0.3) is 11.3 Å². The summed E-state index contributed by atoms with van der Waals surface area (Å²) in [5.41, 5.74) is 0.447. The zero-order chi connectivity index (χ0) is 16.7. The number of benzene rings is 1. The van der Waals surface area contributed by atoms with E-state index in [2.05, 4.69) is 24.0 Å². The van der Waals surface area contributed by atoms with Gasteiger partial charge in [-0.25, -0.2) is 8.78 Å². The van der Waals surface area contributed by atoms with Crippen LogP contribution in [0.3, 0.4) is 0 Å². The first kappa shape index (κ1) is 17.3. The molecule has 0 radical (unpaired) electrons. The lowest BCUT2D eigenvalue weighted by atomic mass is 9.99. The molecule has 2 aromatic rings. The Morgan fingerprint density at radius 3 is 2.74 bits per heavy atom. The van der Waals surface area contributed by atoms with Gasteiger partial charge in [-0.05, 0) is 37.4 Å². The zero-order valence-corrected chi connectivity index (χ0v) is 13.3. The summed E-state index contributed by atoms with van der Waals surface area (Å²) >= 11 is 0. The summed E-state index contributed by atoms with van der Waals surface area (Å²) in [6.45, 7) is 7.29. The highest BCUT2D eigenvalue weighted by Crippen LogP contribution is 2.26. The van der Waals surface area contributed by atoms with E-state index >= 15 is 0 Å². The number of nitrogens with zero attached hydrogens (tertiary/aromatic N) is 1. The van der Waals surface area contributed by atoms with Crippen molar-refractivity contribution in [3.63, 3.8) is 0 Å². The van der Waals surface area contributed by atoms with Crippen molar-refractivity contribution in [2.45, 2.75) is 32.7 Å². The Kier molecular flexibility index (Phi) is 6.47. The van der Waals surface area contributed by atoms with Crippen molar-refractivity contribution in [2.75, 3.05) is 6.54 Å². The summed E-state index contributed by atoms with van der Waals surface area (Å²) < 4.78 is 32.5. The predicted octanol–water partition coefficient (Wildman–Crippen LogP) is 4.70. The van der Waals surface area contributed by atoms with E-state index in [0.717, 1.165) is 25.8 Å². The lowest BCUT2D eigenvalue weighted by molar-refractivity contribution is 0.411. The Bertz CT molecular complexity index is 619. The highest BCUT2D eigenvalue weighted by atomic mass is 19.1. The molecule has 0 bridgehead atoms. The van der Waals surface area contributed by atoms with Gasteiger partial charge in [0.05, 0.1) is 11.3 Å². The van der Waals surface area contributed by atoms with Gasteiger partial charge in [-0.1, -0.05) is 30.6 Å². The monoisotopic (exact) mass is 320 g/mol. The third-order valence-corrected chi connectivity index (χ3v) is 3.88. The van der Waals surface area contributed by atoms with Crippen molar-refractivity contribution in [3.8, 4) is 11.3 Å². The SMILES string of the molecule is C=CCC(CC)CCNCc1cc(-c2c(F)cccc2F)on1. The quantitative estimate of drug-likeness (QED) is 0.537. The van der Waals surface area contributed by atoms with Crippen LogP contribution in [0.2, 0.25) is 0 Å². The summed E-state index contributed by atoms with van der Waals surface area (Å²) in [6, 6.07) is 5.28. The number of hydrogen-bond acceptors (Lipinski definition) is 3. The molecule has 1 N–H and O–H groups in total. The third-order valence-electron chi connectivity index (χ3n) is 3.88. The number of aromatic nitrogens is 1. The van der Waals surface area contributed by atoms with Gasteiger partial charge in [0.25, 0.3) is 0 Å². The van der Waals surface area contributed by atoms with E-state index in [-0.39, 0.29) is 11.3 Å². The smallest absolute Gasteiger partial charge is 0.173 e. The van der Waals surface area contributed by atoms with Gasteiger partial charge in [0, 0.05) is 12.6 Å². The van der Waals surface area contributed by atoms with Gasteiger partial charge < -0.3 is 9.84 Å². The third kappa shape index (κ3) is 4.73. The maximum Gasteiger partial charge on any atom is 0.173 e. The molecule has 1 atom stereocenters. The van der Waals surface area contributed by atoms with Crippen LogP contribution in [-0.2, 0) is 6.54 Å². The van der Waals surface area contributed by atoms with Gasteiger partial charge in [0.15, 0.2) is 5.76 Å². The fraction of sp³-hybridized carbons (Fsp3) is 0.389. The summed E-state index contributed by atoms with van der Waals surface area (Å²) in [5, 5.41) is 7.14. The molecule has 5 heteroatoms. The fourth-order valence-electron chi connectivity index (χ4n) is 2.49. The fourth-order valence-corrected chi connectivity index (χ4v) is 2.49. The van der Waals surface area contributed by atoms with Crippen molar-refractivity contribution in [3.05, 3.63) is 54.2 Å². The minimum Gasteiger partial charge on any atom is -0.356 e. The van der Waals surface area contributed by atoms with Gasteiger partial charge in [0.2, 0.25) is 0 Å². The van der Waals surface area contributed by atoms with Crippen molar-refractivity contribution in [2.24, 2.45) is 5.92 Å². The van der Waals surface area contributed by atoms with Crippen LogP contribution in [-0.4, -0.2) is 11.7 Å². The predicted molar refractivity (Wildman–Crippen MR) is 86.8 cm³/mol. The van der Waals surface area contributed by atoms with Crippen molar-refractivity contribution in [1.82, 2.24) is 10.5 Å². The molecule has 0 spiro atoms. The molecule has 0 aliphatic rings. The molecule has 3 nitrogen and oxygen atoms in total. The van der Waals surface area contributed by atoms with Crippen LogP contribution in [0.4, 0.5) is 8.78 Å². The molecule has 1 aromatic heterocycles. The average Bonchev–Trinajstić information content (AvgIpc) is 2.98. The van der Waals surface area contributed by atoms with Gasteiger partial charge in [-0.3, -0.25) is 0 Å². The van der Waals surface area contributed by atoms with E-state index < -0.39 is 11.6 Å². The van der Waals surface area contributed by atoms with E-state index in [0.29, 0.717) is 18.2 Å². The van der Waals surface area contributed by atoms with Crippen LogP contribution >= 0.6 is 0 Å². The number of halogens is 2. The Labute approximate surface area is 135 Å². The van der Waals surface area contributed by atoms with Gasteiger partial charge in [0.1, 0.15) is 11.6 Å². The number of hydrogen-bond donors (Lipinski definition) is 1. The molecule has 0 amide bonds. The standard InChI is InChI=1S/C18H22F2N2O/c1-3-6-13(4-2)9-10-21-12-14-11-17(23-22-14)18-15(19)7-5-8-16(18)20/h3,5,7-8,11,13,21H,1,4,6,9-10,12H2,2H3. The first-order chi connectivity index (χ1) is 11.2. The molecule has 0 aliphatic heterocycles. The van der Waals surface area contributed by atoms with E-state index in [9.17, 15) is 8.78 Å². The van der Waals surface area contributed by atoms with Crippen molar-refractivity contribution >= 4 is 0 Å².